The van der Waals surface area contributed by atoms with Crippen molar-refractivity contribution in [2.24, 2.45) is 11.5 Å². The molecular weight excluding hydrogens is 438 g/mol. The summed E-state index contributed by atoms with van der Waals surface area (Å²) >= 11 is 0. The fourth-order valence-corrected chi connectivity index (χ4v) is 3.81. The van der Waals surface area contributed by atoms with Gasteiger partial charge in [-0.25, -0.2) is 4.39 Å². The molecular formula is C23H29Cl2FN4O. The van der Waals surface area contributed by atoms with E-state index in [0.29, 0.717) is 24.7 Å². The fourth-order valence-electron chi connectivity index (χ4n) is 3.81. The third-order valence-corrected chi connectivity index (χ3v) is 5.53. The van der Waals surface area contributed by atoms with Crippen molar-refractivity contribution >= 4 is 41.6 Å². The Hall–Kier alpha value is -2.12. The zero-order valence-electron chi connectivity index (χ0n) is 17.2. The second-order valence-corrected chi connectivity index (χ2v) is 7.86. The van der Waals surface area contributed by atoms with Crippen LogP contribution < -0.4 is 16.8 Å². The summed E-state index contributed by atoms with van der Waals surface area (Å²) in [4.78, 5) is 16.2. The van der Waals surface area contributed by atoms with Crippen molar-refractivity contribution in [3.63, 3.8) is 0 Å². The highest BCUT2D eigenvalue weighted by molar-refractivity contribution is 6.02. The molecule has 1 unspecified atom stereocenters. The molecule has 0 spiro atoms. The van der Waals surface area contributed by atoms with Gasteiger partial charge < -0.3 is 21.8 Å². The van der Waals surface area contributed by atoms with Crippen LogP contribution in [0.3, 0.4) is 0 Å². The Balaban J connectivity index is 0.00000171. The molecule has 1 aromatic heterocycles. The summed E-state index contributed by atoms with van der Waals surface area (Å²) in [5.41, 5.74) is 16.2. The Kier molecular flexibility index (Phi) is 8.89. The first-order chi connectivity index (χ1) is 14.1. The lowest BCUT2D eigenvalue weighted by molar-refractivity contribution is 0.0945. The van der Waals surface area contributed by atoms with Gasteiger partial charge in [0.1, 0.15) is 11.5 Å². The van der Waals surface area contributed by atoms with Gasteiger partial charge in [0.05, 0.1) is 0 Å². The van der Waals surface area contributed by atoms with E-state index in [1.54, 1.807) is 12.1 Å². The van der Waals surface area contributed by atoms with E-state index in [2.05, 4.69) is 16.4 Å². The molecule has 8 heteroatoms. The lowest BCUT2D eigenvalue weighted by atomic mass is 10.0. The van der Waals surface area contributed by atoms with E-state index in [9.17, 15) is 9.18 Å². The summed E-state index contributed by atoms with van der Waals surface area (Å²) in [6.07, 6.45) is 3.84. The maximum absolute atomic E-state index is 13.2. The first kappa shape index (κ1) is 25.1. The first-order valence-electron chi connectivity index (χ1n) is 10.2. The van der Waals surface area contributed by atoms with E-state index in [0.717, 1.165) is 53.3 Å². The van der Waals surface area contributed by atoms with Gasteiger partial charge in [-0.05, 0) is 73.0 Å². The molecule has 1 heterocycles. The summed E-state index contributed by atoms with van der Waals surface area (Å²) in [7, 11) is 0. The summed E-state index contributed by atoms with van der Waals surface area (Å²) in [5.74, 6) is 0.0519. The fraction of sp³-hybridized carbons (Fsp3) is 0.348. The number of fused-ring (bicyclic) bond motifs is 1. The summed E-state index contributed by atoms with van der Waals surface area (Å²) in [5, 5.41) is 4.05. The molecule has 5 nitrogen and oxygen atoms in total. The highest BCUT2D eigenvalue weighted by atomic mass is 35.5. The number of rotatable bonds is 8. The van der Waals surface area contributed by atoms with Crippen LogP contribution in [0.15, 0.2) is 42.5 Å². The number of aromatic amines is 1. The molecule has 0 bridgehead atoms. The Morgan fingerprint density at radius 3 is 2.45 bits per heavy atom. The van der Waals surface area contributed by atoms with Crippen LogP contribution in [0.5, 0.6) is 0 Å². The molecule has 1 aliphatic rings. The van der Waals surface area contributed by atoms with E-state index in [-0.39, 0.29) is 42.6 Å². The lowest BCUT2D eigenvalue weighted by Crippen LogP contribution is -2.37. The molecule has 4 rings (SSSR count). The Morgan fingerprint density at radius 2 is 1.81 bits per heavy atom. The average Bonchev–Trinajstić information content (AvgIpc) is 3.50. The van der Waals surface area contributed by atoms with Crippen LogP contribution in [-0.2, 0) is 0 Å². The SMILES string of the molecule is Cl.Cl.NCCCC(N)CNC(=O)c1[nH]c2cc(-c3ccc(F)cc3)ccc2c1C1CC1. The van der Waals surface area contributed by atoms with Crippen LogP contribution in [0.25, 0.3) is 22.0 Å². The highest BCUT2D eigenvalue weighted by Crippen LogP contribution is 2.45. The third-order valence-electron chi connectivity index (χ3n) is 5.53. The highest BCUT2D eigenvalue weighted by Gasteiger charge is 2.31. The molecule has 0 aliphatic heterocycles. The van der Waals surface area contributed by atoms with Crippen molar-refractivity contribution in [3.8, 4) is 11.1 Å². The van der Waals surface area contributed by atoms with Crippen molar-refractivity contribution in [2.45, 2.75) is 37.6 Å². The number of benzene rings is 2. The quantitative estimate of drug-likeness (QED) is 0.393. The van der Waals surface area contributed by atoms with Crippen molar-refractivity contribution < 1.29 is 9.18 Å². The predicted molar refractivity (Wildman–Crippen MR) is 129 cm³/mol. The Morgan fingerprint density at radius 1 is 1.13 bits per heavy atom. The Bertz CT molecular complexity index is 1020. The lowest BCUT2D eigenvalue weighted by Gasteiger charge is -2.12. The van der Waals surface area contributed by atoms with Gasteiger partial charge in [0, 0.05) is 23.5 Å². The smallest absolute Gasteiger partial charge is 0.268 e. The van der Waals surface area contributed by atoms with Gasteiger partial charge in [-0.1, -0.05) is 24.3 Å². The minimum Gasteiger partial charge on any atom is -0.350 e. The van der Waals surface area contributed by atoms with Gasteiger partial charge >= 0.3 is 0 Å². The standard InChI is InChI=1S/C23H27FN4O.2ClH/c24-17-8-5-14(6-9-17)16-7-10-19-20(12-16)28-22(21(19)15-3-4-15)23(29)27-13-18(26)2-1-11-25;;/h5-10,12,15,18,28H,1-4,11,13,25-26H2,(H,27,29);2*1H. The minimum absolute atomic E-state index is 0. The molecule has 1 fully saturated rings. The second kappa shape index (κ2) is 11.0. The Labute approximate surface area is 194 Å². The van der Waals surface area contributed by atoms with E-state index in [1.807, 2.05) is 12.1 Å². The van der Waals surface area contributed by atoms with Gasteiger partial charge in [0.2, 0.25) is 0 Å². The van der Waals surface area contributed by atoms with E-state index >= 15 is 0 Å². The van der Waals surface area contributed by atoms with Crippen molar-refractivity contribution in [3.05, 3.63) is 59.5 Å². The van der Waals surface area contributed by atoms with Crippen molar-refractivity contribution in [2.75, 3.05) is 13.1 Å². The minimum atomic E-state index is -0.255. The summed E-state index contributed by atoms with van der Waals surface area (Å²) < 4.78 is 13.2. The van der Waals surface area contributed by atoms with Gasteiger partial charge in [-0.3, -0.25) is 4.79 Å². The number of amides is 1. The molecule has 6 N–H and O–H groups in total. The van der Waals surface area contributed by atoms with Crippen LogP contribution >= 0.6 is 24.8 Å². The molecule has 168 valence electrons. The van der Waals surface area contributed by atoms with Gasteiger partial charge in [0.25, 0.3) is 5.91 Å². The molecule has 3 aromatic rings. The zero-order chi connectivity index (χ0) is 20.4. The number of carbonyl (C=O) groups excluding carboxylic acids is 1. The van der Waals surface area contributed by atoms with E-state index in [4.69, 9.17) is 11.5 Å². The molecule has 0 radical (unpaired) electrons. The number of H-pyrrole nitrogens is 1. The second-order valence-electron chi connectivity index (χ2n) is 7.86. The molecule has 0 saturated heterocycles. The van der Waals surface area contributed by atoms with Crippen LogP contribution in [0.4, 0.5) is 4.39 Å². The maximum Gasteiger partial charge on any atom is 0.268 e. The van der Waals surface area contributed by atoms with Crippen LogP contribution in [0.2, 0.25) is 0 Å². The molecule has 1 saturated carbocycles. The number of aromatic nitrogens is 1. The maximum atomic E-state index is 13.2. The normalized spacial score (nSPS) is 13.9. The zero-order valence-corrected chi connectivity index (χ0v) is 18.8. The first-order valence-corrected chi connectivity index (χ1v) is 10.2. The number of halogens is 3. The predicted octanol–water partition coefficient (Wildman–Crippen LogP) is 4.49. The topological polar surface area (TPSA) is 96.9 Å². The summed E-state index contributed by atoms with van der Waals surface area (Å²) in [6, 6.07) is 12.4. The van der Waals surface area contributed by atoms with Crippen molar-refractivity contribution in [1.29, 1.82) is 0 Å². The monoisotopic (exact) mass is 466 g/mol. The van der Waals surface area contributed by atoms with E-state index in [1.165, 1.54) is 12.1 Å². The van der Waals surface area contributed by atoms with Gasteiger partial charge in [-0.2, -0.15) is 0 Å². The van der Waals surface area contributed by atoms with Gasteiger partial charge in [-0.15, -0.1) is 24.8 Å². The molecule has 1 amide bonds. The van der Waals surface area contributed by atoms with Crippen molar-refractivity contribution in [1.82, 2.24) is 10.3 Å². The molecule has 1 aliphatic carbocycles. The number of carbonyl (C=O) groups is 1. The molecule has 31 heavy (non-hydrogen) atoms. The molecule has 1 atom stereocenters. The summed E-state index contributed by atoms with van der Waals surface area (Å²) in [6.45, 7) is 1.03. The van der Waals surface area contributed by atoms with Crippen LogP contribution in [-0.4, -0.2) is 30.0 Å². The number of hydrogen-bond donors (Lipinski definition) is 4. The average molecular weight is 467 g/mol. The largest absolute Gasteiger partial charge is 0.350 e. The van der Waals surface area contributed by atoms with Crippen LogP contribution in [0, 0.1) is 5.82 Å². The molecule has 2 aromatic carbocycles. The van der Waals surface area contributed by atoms with Gasteiger partial charge in [0.15, 0.2) is 0 Å². The number of hydrogen-bond acceptors (Lipinski definition) is 3. The van der Waals surface area contributed by atoms with Crippen LogP contribution in [0.1, 0.15) is 47.7 Å². The number of nitrogens with one attached hydrogen (secondary N) is 2. The number of nitrogens with two attached hydrogens (primary N) is 2. The van der Waals surface area contributed by atoms with E-state index < -0.39 is 0 Å². The third kappa shape index (κ3) is 5.77.